The van der Waals surface area contributed by atoms with Gasteiger partial charge in [0.2, 0.25) is 0 Å². The first-order chi connectivity index (χ1) is 21.9. The van der Waals surface area contributed by atoms with Crippen LogP contribution in [0.15, 0.2) is 110 Å². The number of ether oxygens (including phenoxy) is 2. The zero-order chi connectivity index (χ0) is 31.5. The van der Waals surface area contributed by atoms with Crippen LogP contribution in [0.5, 0.6) is 11.5 Å². The molecule has 0 saturated carbocycles. The molecule has 0 unspecified atom stereocenters. The molecule has 0 aliphatic carbocycles. The van der Waals surface area contributed by atoms with E-state index < -0.39 is 6.04 Å². The average molecular weight is 698 g/mol. The Hall–Kier alpha value is -4.76. The number of halogens is 1. The third kappa shape index (κ3) is 6.26. The van der Waals surface area contributed by atoms with Gasteiger partial charge in [0, 0.05) is 10.6 Å². The molecule has 8 nitrogen and oxygen atoms in total. The lowest BCUT2D eigenvalue weighted by molar-refractivity contribution is -0.113. The van der Waals surface area contributed by atoms with Gasteiger partial charge in [-0.3, -0.25) is 14.2 Å². The van der Waals surface area contributed by atoms with E-state index in [1.165, 1.54) is 22.7 Å². The van der Waals surface area contributed by atoms with Crippen molar-refractivity contribution in [2.45, 2.75) is 19.6 Å². The Morgan fingerprint density at radius 3 is 2.60 bits per heavy atom. The van der Waals surface area contributed by atoms with Crippen molar-refractivity contribution in [3.8, 4) is 17.6 Å². The number of carbonyl (C=O) groups is 1. The molecule has 1 N–H and O–H groups in total. The maximum Gasteiger partial charge on any atom is 0.271 e. The summed E-state index contributed by atoms with van der Waals surface area (Å²) in [5.74, 6) is 0.701. The monoisotopic (exact) mass is 696 g/mol. The number of hydrogen-bond acceptors (Lipinski definition) is 8. The van der Waals surface area contributed by atoms with E-state index in [4.69, 9.17) is 19.7 Å². The first-order valence-electron chi connectivity index (χ1n) is 13.8. The van der Waals surface area contributed by atoms with E-state index >= 15 is 0 Å². The Labute approximate surface area is 275 Å². The fourth-order valence-corrected chi connectivity index (χ4v) is 7.44. The Balaban J connectivity index is 1.36. The highest BCUT2D eigenvalue weighted by atomic mass is 79.9. The second kappa shape index (κ2) is 13.1. The van der Waals surface area contributed by atoms with Crippen LogP contribution < -0.4 is 29.7 Å². The second-order valence-corrected chi connectivity index (χ2v) is 12.9. The van der Waals surface area contributed by atoms with Crippen LogP contribution in [0.25, 0.3) is 6.08 Å². The fourth-order valence-electron chi connectivity index (χ4n) is 4.99. The predicted molar refractivity (Wildman–Crippen MR) is 179 cm³/mol. The first-order valence-corrected chi connectivity index (χ1v) is 16.3. The van der Waals surface area contributed by atoms with Crippen molar-refractivity contribution < 1.29 is 14.3 Å². The predicted octanol–water partition coefficient (Wildman–Crippen LogP) is 6.16. The van der Waals surface area contributed by atoms with Crippen LogP contribution in [0, 0.1) is 11.3 Å². The summed E-state index contributed by atoms with van der Waals surface area (Å²) in [4.78, 5) is 33.7. The number of benzene rings is 3. The molecule has 0 fully saturated rings. The minimum Gasteiger partial charge on any atom is -0.493 e. The molecular weight excluding hydrogens is 672 g/mol. The van der Waals surface area contributed by atoms with Crippen LogP contribution in [-0.2, 0) is 11.4 Å². The number of methoxy groups -OCH3 is 1. The number of thiophene rings is 1. The van der Waals surface area contributed by atoms with Crippen LogP contribution >= 0.6 is 38.6 Å². The van der Waals surface area contributed by atoms with Gasteiger partial charge in [-0.05, 0) is 87.9 Å². The van der Waals surface area contributed by atoms with E-state index in [9.17, 15) is 9.59 Å². The maximum absolute atomic E-state index is 14.0. The van der Waals surface area contributed by atoms with Gasteiger partial charge >= 0.3 is 0 Å². The Morgan fingerprint density at radius 2 is 1.91 bits per heavy atom. The highest BCUT2D eigenvalue weighted by molar-refractivity contribution is 9.10. The van der Waals surface area contributed by atoms with Gasteiger partial charge < -0.3 is 14.8 Å². The first kappa shape index (κ1) is 30.3. The SMILES string of the molecule is COc1cc(/C=c2/sc3n(c2=O)[C@H](c2cccs2)C(C(=O)Nc2ccccc2)=C(C)N=3)cc(Br)c1OCc1ccc(C#N)cc1. The van der Waals surface area contributed by atoms with Crippen molar-refractivity contribution in [3.05, 3.63) is 141 Å². The number of anilines is 1. The molecule has 0 spiro atoms. The van der Waals surface area contributed by atoms with Crippen molar-refractivity contribution in [1.29, 1.82) is 5.26 Å². The van der Waals surface area contributed by atoms with Gasteiger partial charge in [0.25, 0.3) is 11.5 Å². The molecule has 2 aromatic heterocycles. The van der Waals surface area contributed by atoms with E-state index in [-0.39, 0.29) is 18.1 Å². The molecule has 0 bridgehead atoms. The molecule has 3 aromatic carbocycles. The van der Waals surface area contributed by atoms with Crippen LogP contribution in [0.1, 0.15) is 34.5 Å². The van der Waals surface area contributed by atoms with Crippen molar-refractivity contribution in [3.63, 3.8) is 0 Å². The zero-order valence-electron chi connectivity index (χ0n) is 24.1. The van der Waals surface area contributed by atoms with Gasteiger partial charge in [-0.15, -0.1) is 11.3 Å². The summed E-state index contributed by atoms with van der Waals surface area (Å²) in [6.07, 6.45) is 1.79. The maximum atomic E-state index is 14.0. The van der Waals surface area contributed by atoms with Gasteiger partial charge in [0.1, 0.15) is 12.6 Å². The largest absolute Gasteiger partial charge is 0.493 e. The molecule has 1 amide bonds. The number of aromatic nitrogens is 1. The van der Waals surface area contributed by atoms with E-state index in [0.717, 1.165) is 16.0 Å². The van der Waals surface area contributed by atoms with Gasteiger partial charge in [-0.25, -0.2) is 4.99 Å². The minimum absolute atomic E-state index is 0.245. The van der Waals surface area contributed by atoms with E-state index in [0.29, 0.717) is 47.8 Å². The standard InChI is InChI=1S/C34H25BrN4O4S2/c1-20-29(32(40)38-24-7-4-3-5-8-24)30(27-9-6-14-44-27)39-33(41)28(45-34(39)37-20)17-23-15-25(35)31(26(16-23)42-2)43-19-22-12-10-21(18-36)11-13-22/h3-17,30H,19H2,1-2H3,(H,38,40)/b28-17+/t30-/m1/s1. The summed E-state index contributed by atoms with van der Waals surface area (Å²) in [6, 6.07) is 25.4. The molecule has 1 aliphatic heterocycles. The van der Waals surface area contributed by atoms with Gasteiger partial charge in [-0.1, -0.05) is 47.7 Å². The summed E-state index contributed by atoms with van der Waals surface area (Å²) < 4.78 is 14.4. The lowest BCUT2D eigenvalue weighted by Gasteiger charge is -2.24. The number of nitriles is 1. The molecule has 1 aliphatic rings. The lowest BCUT2D eigenvalue weighted by atomic mass is 10.0. The summed E-state index contributed by atoms with van der Waals surface area (Å²) >= 11 is 6.36. The van der Waals surface area contributed by atoms with Crippen molar-refractivity contribution in [2.75, 3.05) is 12.4 Å². The fraction of sp³-hybridized carbons (Fsp3) is 0.118. The number of rotatable bonds is 8. The quantitative estimate of drug-likeness (QED) is 0.209. The van der Waals surface area contributed by atoms with Crippen LogP contribution in [0.3, 0.4) is 0 Å². The number of nitrogens with zero attached hydrogens (tertiary/aromatic N) is 3. The normalized spacial score (nSPS) is 14.4. The summed E-state index contributed by atoms with van der Waals surface area (Å²) in [5.41, 5.74) is 3.60. The molecule has 3 heterocycles. The van der Waals surface area contributed by atoms with E-state index in [1.807, 2.05) is 66.0 Å². The highest BCUT2D eigenvalue weighted by Gasteiger charge is 2.33. The molecule has 5 aromatic rings. The van der Waals surface area contributed by atoms with Crippen LogP contribution in [0.2, 0.25) is 0 Å². The Morgan fingerprint density at radius 1 is 1.13 bits per heavy atom. The topological polar surface area (TPSA) is 106 Å². The summed E-state index contributed by atoms with van der Waals surface area (Å²) in [5, 5.41) is 13.9. The van der Waals surface area contributed by atoms with Crippen LogP contribution in [0.4, 0.5) is 5.69 Å². The number of carbonyl (C=O) groups excluding carboxylic acids is 1. The van der Waals surface area contributed by atoms with Crippen LogP contribution in [-0.4, -0.2) is 17.6 Å². The third-order valence-corrected chi connectivity index (χ3v) is 9.62. The van der Waals surface area contributed by atoms with Crippen molar-refractivity contribution in [1.82, 2.24) is 4.57 Å². The smallest absolute Gasteiger partial charge is 0.271 e. The molecule has 0 radical (unpaired) electrons. The second-order valence-electron chi connectivity index (χ2n) is 10.0. The molecule has 11 heteroatoms. The number of thiazole rings is 1. The molecular formula is C34H25BrN4O4S2. The molecule has 0 saturated heterocycles. The van der Waals surface area contributed by atoms with E-state index in [1.54, 1.807) is 42.9 Å². The van der Waals surface area contributed by atoms with Gasteiger partial charge in [0.15, 0.2) is 16.3 Å². The molecule has 45 heavy (non-hydrogen) atoms. The van der Waals surface area contributed by atoms with E-state index in [2.05, 4.69) is 27.3 Å². The minimum atomic E-state index is -0.619. The number of nitrogens with one attached hydrogen (secondary N) is 1. The molecule has 1 atom stereocenters. The molecule has 6 rings (SSSR count). The van der Waals surface area contributed by atoms with Gasteiger partial charge in [0.05, 0.1) is 39.0 Å². The summed E-state index contributed by atoms with van der Waals surface area (Å²) in [7, 11) is 1.56. The summed E-state index contributed by atoms with van der Waals surface area (Å²) in [6.45, 7) is 2.08. The Bertz CT molecular complexity index is 2150. The zero-order valence-corrected chi connectivity index (χ0v) is 27.3. The van der Waals surface area contributed by atoms with Gasteiger partial charge in [-0.2, -0.15) is 5.26 Å². The lowest BCUT2D eigenvalue weighted by Crippen LogP contribution is -2.40. The molecule has 224 valence electrons. The average Bonchev–Trinajstić information content (AvgIpc) is 3.68. The number of para-hydroxylation sites is 1. The number of amides is 1. The number of fused-ring (bicyclic) bond motifs is 1. The van der Waals surface area contributed by atoms with Crippen molar-refractivity contribution >= 4 is 56.3 Å². The number of hydrogen-bond donors (Lipinski definition) is 1. The number of allylic oxidation sites excluding steroid dienone is 1. The Kier molecular flexibility index (Phi) is 8.80. The van der Waals surface area contributed by atoms with Crippen molar-refractivity contribution in [2.24, 2.45) is 4.99 Å². The third-order valence-electron chi connectivity index (χ3n) is 7.13. The highest BCUT2D eigenvalue weighted by Crippen LogP contribution is 2.38.